The number of thiophene rings is 1. The van der Waals surface area contributed by atoms with E-state index in [-0.39, 0.29) is 0 Å². The Kier molecular flexibility index (Phi) is 3.67. The summed E-state index contributed by atoms with van der Waals surface area (Å²) >= 11 is 1.95. The molecule has 1 saturated heterocycles. The molecule has 1 aromatic heterocycles. The molecule has 0 saturated carbocycles. The fourth-order valence-electron chi connectivity index (χ4n) is 2.35. The maximum atomic E-state index is 5.83. The Labute approximate surface area is 102 Å². The van der Waals surface area contributed by atoms with Crippen LogP contribution in [0.5, 0.6) is 0 Å². The summed E-state index contributed by atoms with van der Waals surface area (Å²) in [5, 5.41) is 0. The highest BCUT2D eigenvalue weighted by Gasteiger charge is 2.32. The molecular weight excluding hydrogens is 216 g/mol. The lowest BCUT2D eigenvalue weighted by Crippen LogP contribution is -2.30. The van der Waals surface area contributed by atoms with Gasteiger partial charge >= 0.3 is 0 Å². The molecule has 0 radical (unpaired) electrons. The van der Waals surface area contributed by atoms with Crippen molar-refractivity contribution in [1.82, 2.24) is 4.90 Å². The molecule has 90 valence electrons. The van der Waals surface area contributed by atoms with E-state index < -0.39 is 0 Å². The Morgan fingerprint density at radius 2 is 2.19 bits per heavy atom. The van der Waals surface area contributed by atoms with Crippen LogP contribution >= 0.6 is 11.3 Å². The van der Waals surface area contributed by atoms with Gasteiger partial charge in [-0.1, -0.05) is 13.8 Å². The van der Waals surface area contributed by atoms with E-state index in [1.165, 1.54) is 22.7 Å². The minimum Gasteiger partial charge on any atom is -0.330 e. The molecule has 1 unspecified atom stereocenters. The van der Waals surface area contributed by atoms with Gasteiger partial charge < -0.3 is 5.73 Å². The van der Waals surface area contributed by atoms with Gasteiger partial charge in [-0.25, -0.2) is 0 Å². The van der Waals surface area contributed by atoms with Gasteiger partial charge in [-0.05, 0) is 43.5 Å². The molecule has 0 aliphatic carbocycles. The average molecular weight is 238 g/mol. The summed E-state index contributed by atoms with van der Waals surface area (Å²) < 4.78 is 0. The first-order valence-corrected chi connectivity index (χ1v) is 6.97. The highest BCUT2D eigenvalue weighted by molar-refractivity contribution is 7.11. The smallest absolute Gasteiger partial charge is 0.0328 e. The van der Waals surface area contributed by atoms with Crippen LogP contribution in [0.4, 0.5) is 0 Å². The zero-order valence-electron chi connectivity index (χ0n) is 10.3. The van der Waals surface area contributed by atoms with Crippen LogP contribution < -0.4 is 5.73 Å². The fraction of sp³-hybridized carbons (Fsp3) is 0.692. The van der Waals surface area contributed by atoms with Gasteiger partial charge in [0, 0.05) is 22.8 Å². The first-order valence-electron chi connectivity index (χ1n) is 6.15. The summed E-state index contributed by atoms with van der Waals surface area (Å²) in [7, 11) is 0. The van der Waals surface area contributed by atoms with E-state index in [9.17, 15) is 0 Å². The van der Waals surface area contributed by atoms with Gasteiger partial charge in [-0.2, -0.15) is 0 Å². The normalized spacial score (nSPS) is 26.4. The highest BCUT2D eigenvalue weighted by atomic mass is 32.1. The predicted molar refractivity (Wildman–Crippen MR) is 70.8 cm³/mol. The molecule has 0 bridgehead atoms. The molecular formula is C13H22N2S. The first-order chi connectivity index (χ1) is 7.65. The van der Waals surface area contributed by atoms with Gasteiger partial charge in [0.2, 0.25) is 0 Å². The summed E-state index contributed by atoms with van der Waals surface area (Å²) in [5.74, 6) is 0. The van der Waals surface area contributed by atoms with Crippen LogP contribution in [0.3, 0.4) is 0 Å². The van der Waals surface area contributed by atoms with E-state index in [0.29, 0.717) is 5.41 Å². The number of hydrogen-bond acceptors (Lipinski definition) is 3. The second-order valence-corrected chi connectivity index (χ2v) is 6.45. The molecule has 1 atom stereocenters. The van der Waals surface area contributed by atoms with Crippen LogP contribution in [-0.4, -0.2) is 24.5 Å². The van der Waals surface area contributed by atoms with Crippen LogP contribution in [-0.2, 0) is 13.0 Å². The summed E-state index contributed by atoms with van der Waals surface area (Å²) in [6.45, 7) is 8.81. The van der Waals surface area contributed by atoms with Crippen molar-refractivity contribution in [3.8, 4) is 0 Å². The number of hydrogen-bond donors (Lipinski definition) is 1. The van der Waals surface area contributed by atoms with Gasteiger partial charge in [0.05, 0.1) is 0 Å². The second-order valence-electron chi connectivity index (χ2n) is 5.20. The van der Waals surface area contributed by atoms with Crippen LogP contribution in [0.15, 0.2) is 12.1 Å². The number of rotatable bonds is 4. The lowest BCUT2D eigenvalue weighted by Gasteiger charge is -2.22. The summed E-state index contributed by atoms with van der Waals surface area (Å²) in [5.41, 5.74) is 6.18. The second kappa shape index (κ2) is 4.86. The third kappa shape index (κ3) is 2.65. The number of aryl methyl sites for hydroxylation is 1. The Balaban J connectivity index is 1.91. The Hall–Kier alpha value is -0.380. The minimum atomic E-state index is 0.352. The van der Waals surface area contributed by atoms with E-state index in [2.05, 4.69) is 30.9 Å². The van der Waals surface area contributed by atoms with Gasteiger partial charge in [0.25, 0.3) is 0 Å². The molecule has 0 amide bonds. The largest absolute Gasteiger partial charge is 0.330 e. The van der Waals surface area contributed by atoms with Crippen LogP contribution in [0.25, 0.3) is 0 Å². The zero-order valence-corrected chi connectivity index (χ0v) is 11.1. The van der Waals surface area contributed by atoms with Crippen molar-refractivity contribution in [2.45, 2.75) is 33.2 Å². The fourth-order valence-corrected chi connectivity index (χ4v) is 3.35. The molecule has 2 heterocycles. The van der Waals surface area contributed by atoms with Crippen molar-refractivity contribution in [1.29, 1.82) is 0 Å². The Bertz CT molecular complexity index is 347. The Morgan fingerprint density at radius 1 is 1.44 bits per heavy atom. The molecule has 2 rings (SSSR count). The van der Waals surface area contributed by atoms with Crippen molar-refractivity contribution in [3.63, 3.8) is 0 Å². The molecule has 0 aromatic carbocycles. The maximum absolute atomic E-state index is 5.83. The van der Waals surface area contributed by atoms with Crippen molar-refractivity contribution < 1.29 is 0 Å². The Morgan fingerprint density at radius 3 is 2.75 bits per heavy atom. The van der Waals surface area contributed by atoms with Crippen LogP contribution in [0.2, 0.25) is 0 Å². The predicted octanol–water partition coefficient (Wildman–Crippen LogP) is 2.48. The van der Waals surface area contributed by atoms with E-state index in [4.69, 9.17) is 5.73 Å². The van der Waals surface area contributed by atoms with Crippen LogP contribution in [0.1, 0.15) is 30.0 Å². The SMILES string of the molecule is CCc1ccc(CN2CCC(C)(CN)C2)s1. The summed E-state index contributed by atoms with van der Waals surface area (Å²) in [6, 6.07) is 4.54. The zero-order chi connectivity index (χ0) is 11.6. The van der Waals surface area contributed by atoms with Gasteiger partial charge in [-0.15, -0.1) is 11.3 Å². The highest BCUT2D eigenvalue weighted by Crippen LogP contribution is 2.30. The molecule has 1 fully saturated rings. The van der Waals surface area contributed by atoms with E-state index >= 15 is 0 Å². The number of nitrogens with zero attached hydrogens (tertiary/aromatic N) is 1. The van der Waals surface area contributed by atoms with Crippen molar-refractivity contribution >= 4 is 11.3 Å². The third-order valence-corrected chi connectivity index (χ3v) is 4.79. The monoisotopic (exact) mass is 238 g/mol. The molecule has 2 N–H and O–H groups in total. The quantitative estimate of drug-likeness (QED) is 0.873. The molecule has 2 nitrogen and oxygen atoms in total. The van der Waals surface area contributed by atoms with Crippen molar-refractivity contribution in [3.05, 3.63) is 21.9 Å². The summed E-state index contributed by atoms with van der Waals surface area (Å²) in [4.78, 5) is 5.53. The van der Waals surface area contributed by atoms with Gasteiger partial charge in [-0.3, -0.25) is 4.90 Å². The topological polar surface area (TPSA) is 29.3 Å². The van der Waals surface area contributed by atoms with Crippen LogP contribution in [0, 0.1) is 5.41 Å². The molecule has 0 spiro atoms. The van der Waals surface area contributed by atoms with Crippen molar-refractivity contribution in [2.24, 2.45) is 11.1 Å². The molecule has 1 aromatic rings. The first kappa shape index (κ1) is 12.1. The van der Waals surface area contributed by atoms with Gasteiger partial charge in [0.15, 0.2) is 0 Å². The molecule has 3 heteroatoms. The number of nitrogens with two attached hydrogens (primary N) is 1. The summed E-state index contributed by atoms with van der Waals surface area (Å²) in [6.07, 6.45) is 2.40. The standard InChI is InChI=1S/C13H22N2S/c1-3-11-4-5-12(16-11)8-15-7-6-13(2,9-14)10-15/h4-5H,3,6-10,14H2,1-2H3. The van der Waals surface area contributed by atoms with Crippen molar-refractivity contribution in [2.75, 3.05) is 19.6 Å². The third-order valence-electron chi connectivity index (χ3n) is 3.57. The molecule has 1 aliphatic rings. The lowest BCUT2D eigenvalue weighted by atomic mass is 9.90. The van der Waals surface area contributed by atoms with E-state index in [1.807, 2.05) is 11.3 Å². The molecule has 16 heavy (non-hydrogen) atoms. The number of likely N-dealkylation sites (tertiary alicyclic amines) is 1. The maximum Gasteiger partial charge on any atom is 0.0328 e. The van der Waals surface area contributed by atoms with E-state index in [0.717, 1.165) is 26.1 Å². The molecule has 1 aliphatic heterocycles. The minimum absolute atomic E-state index is 0.352. The average Bonchev–Trinajstić information content (AvgIpc) is 2.87. The van der Waals surface area contributed by atoms with Gasteiger partial charge in [0.1, 0.15) is 0 Å². The lowest BCUT2D eigenvalue weighted by molar-refractivity contribution is 0.276. The van der Waals surface area contributed by atoms with E-state index in [1.54, 1.807) is 0 Å².